The number of nitrogens with two attached hydrogens (primary N) is 2. The molecule has 4 N–H and O–H groups in total. The van der Waals surface area contributed by atoms with Gasteiger partial charge in [0.15, 0.2) is 0 Å². The van der Waals surface area contributed by atoms with Gasteiger partial charge in [0.05, 0.1) is 10.4 Å². The van der Waals surface area contributed by atoms with Gasteiger partial charge in [-0.1, -0.05) is 11.6 Å². The maximum atomic E-state index is 10.6. The van der Waals surface area contributed by atoms with Crippen LogP contribution in [0.3, 0.4) is 0 Å². The minimum Gasteiger partial charge on any atom is -0.368 e. The first-order valence-electron chi connectivity index (χ1n) is 3.37. The van der Waals surface area contributed by atoms with Crippen LogP contribution >= 0.6 is 22.9 Å². The first-order valence-corrected chi connectivity index (χ1v) is 4.63. The quantitative estimate of drug-likeness (QED) is 0.763. The van der Waals surface area contributed by atoms with Gasteiger partial charge in [0, 0.05) is 0 Å². The van der Waals surface area contributed by atoms with Gasteiger partial charge in [-0.05, 0) is 23.4 Å². The summed E-state index contributed by atoms with van der Waals surface area (Å²) in [5, 5.41) is 1.87. The van der Waals surface area contributed by atoms with E-state index in [1.807, 2.05) is 5.38 Å². The molecule has 3 nitrogen and oxygen atoms in total. The Morgan fingerprint density at radius 3 is 2.83 bits per heavy atom. The second kappa shape index (κ2) is 3.89. The number of carbonyl (C=O) groups is 1. The highest BCUT2D eigenvalue weighted by Gasteiger charge is 2.10. The van der Waals surface area contributed by atoms with Gasteiger partial charge in [-0.25, -0.2) is 0 Å². The first kappa shape index (κ1) is 9.51. The SMILES string of the molecule is NC(=O)C(N)Cc1csc(Cl)c1. The highest BCUT2D eigenvalue weighted by Crippen LogP contribution is 2.20. The van der Waals surface area contributed by atoms with Crippen molar-refractivity contribution in [2.24, 2.45) is 11.5 Å². The van der Waals surface area contributed by atoms with E-state index in [2.05, 4.69) is 0 Å². The van der Waals surface area contributed by atoms with E-state index in [0.29, 0.717) is 10.8 Å². The third-order valence-corrected chi connectivity index (χ3v) is 2.58. The molecule has 5 heteroatoms. The van der Waals surface area contributed by atoms with Crippen molar-refractivity contribution in [2.45, 2.75) is 12.5 Å². The van der Waals surface area contributed by atoms with Crippen molar-refractivity contribution in [3.63, 3.8) is 0 Å². The van der Waals surface area contributed by atoms with Gasteiger partial charge in [-0.15, -0.1) is 11.3 Å². The molecule has 1 unspecified atom stereocenters. The number of hydrogen-bond acceptors (Lipinski definition) is 3. The van der Waals surface area contributed by atoms with Crippen LogP contribution in [0.1, 0.15) is 5.56 Å². The molecule has 0 bridgehead atoms. The van der Waals surface area contributed by atoms with E-state index < -0.39 is 11.9 Å². The number of amides is 1. The van der Waals surface area contributed by atoms with Gasteiger partial charge in [-0.2, -0.15) is 0 Å². The van der Waals surface area contributed by atoms with E-state index >= 15 is 0 Å². The van der Waals surface area contributed by atoms with Gasteiger partial charge in [0.2, 0.25) is 5.91 Å². The van der Waals surface area contributed by atoms with Crippen molar-refractivity contribution >= 4 is 28.8 Å². The fraction of sp³-hybridized carbons (Fsp3) is 0.286. The Morgan fingerprint density at radius 2 is 2.42 bits per heavy atom. The monoisotopic (exact) mass is 204 g/mol. The maximum absolute atomic E-state index is 10.6. The molecule has 0 radical (unpaired) electrons. The third-order valence-electron chi connectivity index (χ3n) is 1.44. The van der Waals surface area contributed by atoms with Gasteiger partial charge in [-0.3, -0.25) is 4.79 Å². The molecule has 1 rings (SSSR count). The molecule has 1 heterocycles. The molecule has 1 aromatic rings. The zero-order valence-corrected chi connectivity index (χ0v) is 7.86. The Hall–Kier alpha value is -0.580. The number of carbonyl (C=O) groups excluding carboxylic acids is 1. The molecule has 1 aromatic heterocycles. The van der Waals surface area contributed by atoms with Crippen molar-refractivity contribution < 1.29 is 4.79 Å². The lowest BCUT2D eigenvalue weighted by molar-refractivity contribution is -0.119. The summed E-state index contributed by atoms with van der Waals surface area (Å²) in [5.41, 5.74) is 11.4. The smallest absolute Gasteiger partial charge is 0.234 e. The van der Waals surface area contributed by atoms with Crippen molar-refractivity contribution in [1.29, 1.82) is 0 Å². The fourth-order valence-corrected chi connectivity index (χ4v) is 1.73. The van der Waals surface area contributed by atoms with E-state index in [0.717, 1.165) is 5.56 Å². The molecule has 0 fully saturated rings. The van der Waals surface area contributed by atoms with Crippen LogP contribution in [0.5, 0.6) is 0 Å². The number of thiophene rings is 1. The second-order valence-electron chi connectivity index (χ2n) is 2.47. The van der Waals surface area contributed by atoms with Crippen LogP contribution in [0.15, 0.2) is 11.4 Å². The van der Waals surface area contributed by atoms with Crippen molar-refractivity contribution in [3.05, 3.63) is 21.3 Å². The molecular weight excluding hydrogens is 196 g/mol. The Kier molecular flexibility index (Phi) is 3.08. The molecule has 0 aliphatic heterocycles. The minimum absolute atomic E-state index is 0.457. The van der Waals surface area contributed by atoms with Crippen LogP contribution in [0.25, 0.3) is 0 Å². The molecule has 0 aliphatic carbocycles. The second-order valence-corrected chi connectivity index (χ2v) is 4.01. The van der Waals surface area contributed by atoms with E-state index in [1.165, 1.54) is 11.3 Å². The van der Waals surface area contributed by atoms with Crippen molar-refractivity contribution in [3.8, 4) is 0 Å². The molecule has 66 valence electrons. The molecule has 12 heavy (non-hydrogen) atoms. The van der Waals surface area contributed by atoms with Crippen LogP contribution < -0.4 is 11.5 Å². The Labute approximate surface area is 79.3 Å². The van der Waals surface area contributed by atoms with Crippen LogP contribution in [-0.2, 0) is 11.2 Å². The predicted molar refractivity (Wildman–Crippen MR) is 50.2 cm³/mol. The summed E-state index contributed by atoms with van der Waals surface area (Å²) in [4.78, 5) is 10.6. The molecule has 0 aliphatic rings. The highest BCUT2D eigenvalue weighted by atomic mass is 35.5. The van der Waals surface area contributed by atoms with Crippen LogP contribution in [0, 0.1) is 0 Å². The van der Waals surface area contributed by atoms with Crippen molar-refractivity contribution in [1.82, 2.24) is 0 Å². The average Bonchev–Trinajstić information content (AvgIpc) is 2.35. The molecule has 0 aromatic carbocycles. The number of primary amides is 1. The number of hydrogen-bond donors (Lipinski definition) is 2. The van der Waals surface area contributed by atoms with Crippen LogP contribution in [0.2, 0.25) is 4.34 Å². The Bertz CT molecular complexity index is 287. The molecule has 0 saturated carbocycles. The largest absolute Gasteiger partial charge is 0.368 e. The fourth-order valence-electron chi connectivity index (χ4n) is 0.807. The van der Waals surface area contributed by atoms with Gasteiger partial charge in [0.25, 0.3) is 0 Å². The first-order chi connectivity index (χ1) is 5.59. The van der Waals surface area contributed by atoms with Crippen molar-refractivity contribution in [2.75, 3.05) is 0 Å². The van der Waals surface area contributed by atoms with Gasteiger partial charge < -0.3 is 11.5 Å². The summed E-state index contributed by atoms with van der Waals surface area (Å²) in [6.07, 6.45) is 0.457. The normalized spacial score (nSPS) is 12.8. The number of halogens is 1. The molecule has 1 atom stereocenters. The zero-order valence-electron chi connectivity index (χ0n) is 6.29. The lowest BCUT2D eigenvalue weighted by Crippen LogP contribution is -2.37. The molecule has 0 saturated heterocycles. The summed E-state index contributed by atoms with van der Waals surface area (Å²) >= 11 is 7.10. The Morgan fingerprint density at radius 1 is 1.75 bits per heavy atom. The summed E-state index contributed by atoms with van der Waals surface area (Å²) in [5.74, 6) is -0.489. The van der Waals surface area contributed by atoms with E-state index in [9.17, 15) is 4.79 Å². The topological polar surface area (TPSA) is 69.1 Å². The average molecular weight is 205 g/mol. The van der Waals surface area contributed by atoms with E-state index in [1.54, 1.807) is 6.07 Å². The van der Waals surface area contributed by atoms with Crippen LogP contribution in [0.4, 0.5) is 0 Å². The van der Waals surface area contributed by atoms with E-state index in [-0.39, 0.29) is 0 Å². The lowest BCUT2D eigenvalue weighted by Gasteiger charge is -2.03. The lowest BCUT2D eigenvalue weighted by atomic mass is 10.1. The molecule has 1 amide bonds. The summed E-state index contributed by atoms with van der Waals surface area (Å²) in [7, 11) is 0. The summed E-state index contributed by atoms with van der Waals surface area (Å²) in [6.45, 7) is 0. The van der Waals surface area contributed by atoms with E-state index in [4.69, 9.17) is 23.1 Å². The highest BCUT2D eigenvalue weighted by molar-refractivity contribution is 7.14. The summed E-state index contributed by atoms with van der Waals surface area (Å²) < 4.78 is 0.696. The van der Waals surface area contributed by atoms with Gasteiger partial charge >= 0.3 is 0 Å². The maximum Gasteiger partial charge on any atom is 0.234 e. The van der Waals surface area contributed by atoms with Crippen LogP contribution in [-0.4, -0.2) is 11.9 Å². The molecular formula is C7H9ClN2OS. The number of rotatable bonds is 3. The summed E-state index contributed by atoms with van der Waals surface area (Å²) in [6, 6.07) is 1.17. The standard InChI is InChI=1S/C7H9ClN2OS/c8-6-2-4(3-12-6)1-5(9)7(10)11/h2-3,5H,1,9H2,(H2,10,11). The third kappa shape index (κ3) is 2.48. The van der Waals surface area contributed by atoms with Gasteiger partial charge in [0.1, 0.15) is 0 Å². The zero-order chi connectivity index (χ0) is 9.14. The molecule has 0 spiro atoms. The minimum atomic E-state index is -0.615. The Balaban J connectivity index is 2.58. The predicted octanol–water partition coefficient (Wildman–Crippen LogP) is 0.757.